The number of aromatic nitrogens is 4. The Labute approximate surface area is 182 Å². The third-order valence-corrected chi connectivity index (χ3v) is 7.68. The number of rotatable bonds is 5. The van der Waals surface area contributed by atoms with Crippen LogP contribution in [0.2, 0.25) is 0 Å². The van der Waals surface area contributed by atoms with E-state index in [4.69, 9.17) is 9.97 Å². The molecule has 3 atom stereocenters. The van der Waals surface area contributed by atoms with Crippen LogP contribution in [-0.4, -0.2) is 57.7 Å². The lowest BCUT2D eigenvalue weighted by Gasteiger charge is -2.27. The van der Waals surface area contributed by atoms with E-state index in [0.29, 0.717) is 11.9 Å². The molecule has 3 heterocycles. The standard InChI is InChI=1S/C23H31N7O/c1-29(2)22(31)19-7-4-8-30(19)23-24-17-6-3-5-16(17)21(26-23)25-20-12-18(27-28-20)15-10-13-9-14(13)11-15/h12-15,19H,3-11H2,1-2H3,(H2,24,25,26,27,28). The molecule has 1 amide bonds. The van der Waals surface area contributed by atoms with Crippen LogP contribution in [0.3, 0.4) is 0 Å². The lowest BCUT2D eigenvalue weighted by Crippen LogP contribution is -2.43. The summed E-state index contributed by atoms with van der Waals surface area (Å²) in [5.41, 5.74) is 3.56. The van der Waals surface area contributed by atoms with E-state index in [1.165, 1.54) is 30.5 Å². The van der Waals surface area contributed by atoms with Crippen molar-refractivity contribution in [2.75, 3.05) is 30.9 Å². The molecule has 0 aromatic carbocycles. The summed E-state index contributed by atoms with van der Waals surface area (Å²) in [7, 11) is 3.64. The van der Waals surface area contributed by atoms with E-state index in [2.05, 4.69) is 26.5 Å². The molecule has 3 aliphatic carbocycles. The molecule has 8 nitrogen and oxygen atoms in total. The summed E-state index contributed by atoms with van der Waals surface area (Å²) in [6.07, 6.45) is 8.92. The normalized spacial score (nSPS) is 28.5. The average molecular weight is 422 g/mol. The van der Waals surface area contributed by atoms with Crippen LogP contribution < -0.4 is 10.2 Å². The smallest absolute Gasteiger partial charge is 0.244 e. The zero-order valence-electron chi connectivity index (χ0n) is 18.4. The maximum atomic E-state index is 12.7. The Morgan fingerprint density at radius 2 is 2.00 bits per heavy atom. The van der Waals surface area contributed by atoms with E-state index in [9.17, 15) is 4.79 Å². The van der Waals surface area contributed by atoms with Crippen molar-refractivity contribution in [3.05, 3.63) is 23.0 Å². The number of amides is 1. The second-order valence-electron chi connectivity index (χ2n) is 9.99. The van der Waals surface area contributed by atoms with Crippen LogP contribution in [0, 0.1) is 11.8 Å². The Balaban J connectivity index is 1.27. The SMILES string of the molecule is CN(C)C(=O)C1CCCN1c1nc2c(c(Nc3cc(C4CC5CC5C4)[nH]n3)n1)CCC2. The first kappa shape index (κ1) is 19.1. The maximum absolute atomic E-state index is 12.7. The second-order valence-corrected chi connectivity index (χ2v) is 9.99. The van der Waals surface area contributed by atoms with E-state index in [1.807, 2.05) is 14.1 Å². The van der Waals surface area contributed by atoms with Gasteiger partial charge in [0.05, 0.1) is 5.69 Å². The second kappa shape index (κ2) is 7.21. The van der Waals surface area contributed by atoms with Crippen molar-refractivity contribution in [3.63, 3.8) is 0 Å². The first-order valence-electron chi connectivity index (χ1n) is 11.8. The summed E-state index contributed by atoms with van der Waals surface area (Å²) in [4.78, 5) is 26.3. The highest BCUT2D eigenvalue weighted by molar-refractivity contribution is 5.85. The molecule has 2 saturated carbocycles. The Bertz CT molecular complexity index is 1010. The number of aromatic amines is 1. The number of likely N-dealkylation sites (N-methyl/N-ethyl adjacent to an activating group) is 1. The van der Waals surface area contributed by atoms with Gasteiger partial charge in [0.2, 0.25) is 11.9 Å². The molecule has 3 fully saturated rings. The zero-order chi connectivity index (χ0) is 21.1. The topological polar surface area (TPSA) is 90.0 Å². The van der Waals surface area contributed by atoms with E-state index in [1.54, 1.807) is 4.90 Å². The van der Waals surface area contributed by atoms with Crippen LogP contribution in [0.1, 0.15) is 61.4 Å². The molecule has 2 aromatic heterocycles. The van der Waals surface area contributed by atoms with Gasteiger partial charge in [-0.25, -0.2) is 4.98 Å². The zero-order valence-corrected chi connectivity index (χ0v) is 18.4. The Morgan fingerprint density at radius 3 is 2.81 bits per heavy atom. The Hall–Kier alpha value is -2.64. The van der Waals surface area contributed by atoms with Crippen LogP contribution in [0.25, 0.3) is 0 Å². The van der Waals surface area contributed by atoms with Gasteiger partial charge in [-0.15, -0.1) is 0 Å². The van der Waals surface area contributed by atoms with E-state index < -0.39 is 0 Å². The fourth-order valence-electron chi connectivity index (χ4n) is 5.91. The minimum absolute atomic E-state index is 0.127. The molecule has 1 saturated heterocycles. The summed E-state index contributed by atoms with van der Waals surface area (Å²) >= 11 is 0. The average Bonchev–Trinajstić information content (AvgIpc) is 3.32. The summed E-state index contributed by atoms with van der Waals surface area (Å²) in [5.74, 6) is 5.02. The lowest BCUT2D eigenvalue weighted by molar-refractivity contribution is -0.129. The number of carbonyl (C=O) groups excluding carboxylic acids is 1. The Morgan fingerprint density at radius 1 is 1.16 bits per heavy atom. The van der Waals surface area contributed by atoms with Gasteiger partial charge < -0.3 is 15.1 Å². The summed E-state index contributed by atoms with van der Waals surface area (Å²) in [6.45, 7) is 0.818. The fraction of sp³-hybridized carbons (Fsp3) is 0.652. The number of hydrogen-bond donors (Lipinski definition) is 2. The monoisotopic (exact) mass is 421 g/mol. The van der Waals surface area contributed by atoms with Crippen LogP contribution in [0.4, 0.5) is 17.6 Å². The van der Waals surface area contributed by atoms with Crippen molar-refractivity contribution in [3.8, 4) is 0 Å². The molecule has 0 bridgehead atoms. The van der Waals surface area contributed by atoms with Gasteiger partial charge in [-0.05, 0) is 63.2 Å². The minimum atomic E-state index is -0.173. The number of nitrogens with one attached hydrogen (secondary N) is 2. The molecular weight excluding hydrogens is 390 g/mol. The lowest BCUT2D eigenvalue weighted by atomic mass is 10.00. The number of H-pyrrole nitrogens is 1. The Kier molecular flexibility index (Phi) is 4.43. The summed E-state index contributed by atoms with van der Waals surface area (Å²) in [5, 5.41) is 11.3. The van der Waals surface area contributed by atoms with E-state index in [-0.39, 0.29) is 11.9 Å². The number of aryl methyl sites for hydroxylation is 1. The summed E-state index contributed by atoms with van der Waals surface area (Å²) < 4.78 is 0. The quantitative estimate of drug-likeness (QED) is 0.771. The molecular formula is C23H31N7O. The molecule has 1 aliphatic heterocycles. The summed E-state index contributed by atoms with van der Waals surface area (Å²) in [6, 6.07) is 1.99. The van der Waals surface area contributed by atoms with Gasteiger partial charge in [0.25, 0.3) is 0 Å². The first-order chi connectivity index (χ1) is 15.1. The van der Waals surface area contributed by atoms with Crippen LogP contribution in [-0.2, 0) is 17.6 Å². The van der Waals surface area contributed by atoms with E-state index >= 15 is 0 Å². The van der Waals surface area contributed by atoms with Gasteiger partial charge >= 0.3 is 0 Å². The number of carbonyl (C=O) groups is 1. The van der Waals surface area contributed by atoms with Crippen molar-refractivity contribution in [1.29, 1.82) is 0 Å². The number of nitrogens with zero attached hydrogens (tertiary/aromatic N) is 5. The van der Waals surface area contributed by atoms with Gasteiger partial charge in [-0.1, -0.05) is 0 Å². The highest BCUT2D eigenvalue weighted by Gasteiger charge is 2.46. The molecule has 31 heavy (non-hydrogen) atoms. The highest BCUT2D eigenvalue weighted by atomic mass is 16.2. The molecule has 164 valence electrons. The van der Waals surface area contributed by atoms with E-state index in [0.717, 1.165) is 67.8 Å². The third-order valence-electron chi connectivity index (χ3n) is 7.68. The van der Waals surface area contributed by atoms with Gasteiger partial charge in [-0.2, -0.15) is 10.1 Å². The predicted octanol–water partition coefficient (Wildman–Crippen LogP) is 3.00. The molecule has 6 rings (SSSR count). The van der Waals surface area contributed by atoms with Crippen LogP contribution in [0.15, 0.2) is 6.07 Å². The fourth-order valence-corrected chi connectivity index (χ4v) is 5.91. The predicted molar refractivity (Wildman–Crippen MR) is 119 cm³/mol. The largest absolute Gasteiger partial charge is 0.347 e. The number of hydrogen-bond acceptors (Lipinski definition) is 6. The maximum Gasteiger partial charge on any atom is 0.244 e. The molecule has 2 aromatic rings. The highest BCUT2D eigenvalue weighted by Crippen LogP contribution is 2.57. The molecule has 8 heteroatoms. The first-order valence-corrected chi connectivity index (χ1v) is 11.8. The van der Waals surface area contributed by atoms with Crippen LogP contribution >= 0.6 is 0 Å². The molecule has 4 aliphatic rings. The van der Waals surface area contributed by atoms with Crippen LogP contribution in [0.5, 0.6) is 0 Å². The van der Waals surface area contributed by atoms with Gasteiger partial charge in [0.15, 0.2) is 5.82 Å². The number of fused-ring (bicyclic) bond motifs is 2. The molecule has 0 radical (unpaired) electrons. The molecule has 3 unspecified atom stereocenters. The van der Waals surface area contributed by atoms with Gasteiger partial charge in [-0.3, -0.25) is 9.89 Å². The van der Waals surface area contributed by atoms with Crippen molar-refractivity contribution in [2.45, 2.75) is 63.3 Å². The van der Waals surface area contributed by atoms with Crippen molar-refractivity contribution >= 4 is 23.5 Å². The molecule has 2 N–H and O–H groups in total. The van der Waals surface area contributed by atoms with Gasteiger partial charge in [0.1, 0.15) is 11.9 Å². The number of anilines is 3. The van der Waals surface area contributed by atoms with Crippen molar-refractivity contribution < 1.29 is 4.79 Å². The third kappa shape index (κ3) is 3.36. The van der Waals surface area contributed by atoms with Crippen molar-refractivity contribution in [1.82, 2.24) is 25.1 Å². The minimum Gasteiger partial charge on any atom is -0.347 e. The molecule has 0 spiro atoms. The van der Waals surface area contributed by atoms with Crippen molar-refractivity contribution in [2.24, 2.45) is 11.8 Å². The van der Waals surface area contributed by atoms with Gasteiger partial charge in [0, 0.05) is 43.9 Å².